The quantitative estimate of drug-likeness (QED) is 0.775. The summed E-state index contributed by atoms with van der Waals surface area (Å²) < 4.78 is 0. The topological polar surface area (TPSA) is 23.6 Å². The first-order valence-electron chi connectivity index (χ1n) is 6.72. The Kier molecular flexibility index (Phi) is 4.85. The molecule has 106 valence electrons. The zero-order valence-electron chi connectivity index (χ0n) is 11.9. The summed E-state index contributed by atoms with van der Waals surface area (Å²) in [5, 5.41) is 0. The van der Waals surface area contributed by atoms with Gasteiger partial charge in [-0.05, 0) is 24.2 Å². The van der Waals surface area contributed by atoms with Crippen molar-refractivity contribution in [2.75, 3.05) is 19.6 Å². The van der Waals surface area contributed by atoms with Crippen molar-refractivity contribution >= 4 is 21.8 Å². The average Bonchev–Trinajstić information content (AvgIpc) is 2.42. The Balaban J connectivity index is 2.04. The van der Waals surface area contributed by atoms with Crippen LogP contribution in [0.2, 0.25) is 0 Å². The number of hydrogen-bond donors (Lipinski definition) is 0. The van der Waals surface area contributed by atoms with Crippen LogP contribution >= 0.6 is 15.9 Å². The SMILES string of the molecule is CC1(C)CN(C(=O)C#CBr)CCN1Cc1ccccc1. The Morgan fingerprint density at radius 1 is 1.30 bits per heavy atom. The smallest absolute Gasteiger partial charge is 0.299 e. The third kappa shape index (κ3) is 3.62. The van der Waals surface area contributed by atoms with Crippen LogP contribution in [0.25, 0.3) is 0 Å². The van der Waals surface area contributed by atoms with E-state index in [1.807, 2.05) is 11.0 Å². The maximum absolute atomic E-state index is 11.9. The largest absolute Gasteiger partial charge is 0.329 e. The Hall–Kier alpha value is -1.31. The molecule has 0 unspecified atom stereocenters. The van der Waals surface area contributed by atoms with E-state index in [9.17, 15) is 4.79 Å². The Morgan fingerprint density at radius 3 is 2.60 bits per heavy atom. The second-order valence-corrected chi connectivity index (χ2v) is 6.06. The van der Waals surface area contributed by atoms with Crippen molar-refractivity contribution in [3.8, 4) is 10.8 Å². The van der Waals surface area contributed by atoms with Gasteiger partial charge in [0.25, 0.3) is 5.91 Å². The van der Waals surface area contributed by atoms with Gasteiger partial charge in [0.1, 0.15) is 0 Å². The van der Waals surface area contributed by atoms with Gasteiger partial charge in [-0.15, -0.1) is 0 Å². The lowest BCUT2D eigenvalue weighted by molar-refractivity contribution is -0.130. The zero-order valence-corrected chi connectivity index (χ0v) is 13.5. The van der Waals surface area contributed by atoms with E-state index in [4.69, 9.17) is 0 Å². The molecule has 4 heteroatoms. The standard InChI is InChI=1S/C16H19BrN2O/c1-16(2)13-18(15(20)8-9-17)10-11-19(16)12-14-6-4-3-5-7-14/h3-7H,10-13H2,1-2H3. The number of benzene rings is 1. The van der Waals surface area contributed by atoms with Crippen LogP contribution in [0.5, 0.6) is 0 Å². The van der Waals surface area contributed by atoms with Gasteiger partial charge in [0.05, 0.1) is 0 Å². The lowest BCUT2D eigenvalue weighted by Crippen LogP contribution is -2.59. The molecule has 3 nitrogen and oxygen atoms in total. The van der Waals surface area contributed by atoms with Gasteiger partial charge in [-0.2, -0.15) is 0 Å². The summed E-state index contributed by atoms with van der Waals surface area (Å²) >= 11 is 2.98. The summed E-state index contributed by atoms with van der Waals surface area (Å²) in [4.78, 5) is 18.6. The fraction of sp³-hybridized carbons (Fsp3) is 0.438. The fourth-order valence-electron chi connectivity index (χ4n) is 2.58. The first-order valence-corrected chi connectivity index (χ1v) is 7.52. The van der Waals surface area contributed by atoms with Crippen molar-refractivity contribution in [3.05, 3.63) is 35.9 Å². The first kappa shape index (κ1) is 15.1. The van der Waals surface area contributed by atoms with E-state index in [1.165, 1.54) is 5.56 Å². The Bertz CT molecular complexity index is 530. The number of halogens is 1. The van der Waals surface area contributed by atoms with Crippen molar-refractivity contribution in [1.82, 2.24) is 9.80 Å². The number of carbonyl (C=O) groups is 1. The molecule has 0 saturated carbocycles. The molecule has 1 aliphatic rings. The molecule has 2 rings (SSSR count). The van der Waals surface area contributed by atoms with Gasteiger partial charge in [0.15, 0.2) is 0 Å². The number of rotatable bonds is 2. The second kappa shape index (κ2) is 6.43. The number of hydrogen-bond acceptors (Lipinski definition) is 2. The Labute approximate surface area is 129 Å². The fourth-order valence-corrected chi connectivity index (χ4v) is 2.75. The zero-order chi connectivity index (χ0) is 14.6. The summed E-state index contributed by atoms with van der Waals surface area (Å²) in [6.45, 7) is 7.59. The molecule has 1 heterocycles. The van der Waals surface area contributed by atoms with Crippen molar-refractivity contribution in [2.45, 2.75) is 25.9 Å². The highest BCUT2D eigenvalue weighted by Crippen LogP contribution is 2.23. The van der Waals surface area contributed by atoms with Crippen molar-refractivity contribution in [2.24, 2.45) is 0 Å². The molecule has 0 spiro atoms. The van der Waals surface area contributed by atoms with E-state index < -0.39 is 0 Å². The third-order valence-electron chi connectivity index (χ3n) is 3.73. The van der Waals surface area contributed by atoms with E-state index in [0.29, 0.717) is 6.54 Å². The van der Waals surface area contributed by atoms with Crippen LogP contribution in [0.4, 0.5) is 0 Å². The average molecular weight is 335 g/mol. The van der Waals surface area contributed by atoms with Crippen molar-refractivity contribution < 1.29 is 4.79 Å². The molecule has 20 heavy (non-hydrogen) atoms. The van der Waals surface area contributed by atoms with Crippen LogP contribution < -0.4 is 0 Å². The minimum atomic E-state index is -0.102. The highest BCUT2D eigenvalue weighted by molar-refractivity contribution is 9.12. The summed E-state index contributed by atoms with van der Waals surface area (Å²) in [6.07, 6.45) is 0. The van der Waals surface area contributed by atoms with E-state index in [0.717, 1.165) is 19.6 Å². The summed E-state index contributed by atoms with van der Waals surface area (Å²) in [7, 11) is 0. The number of piperazine rings is 1. The molecular weight excluding hydrogens is 316 g/mol. The maximum atomic E-state index is 11.9. The predicted octanol–water partition coefficient (Wildman–Crippen LogP) is 2.47. The van der Waals surface area contributed by atoms with Crippen LogP contribution in [0.1, 0.15) is 19.4 Å². The minimum Gasteiger partial charge on any atom is -0.329 e. The molecule has 1 fully saturated rings. The first-order chi connectivity index (χ1) is 9.53. The van der Waals surface area contributed by atoms with E-state index >= 15 is 0 Å². The molecule has 1 aromatic carbocycles. The van der Waals surface area contributed by atoms with Gasteiger partial charge in [-0.1, -0.05) is 30.3 Å². The number of amides is 1. The van der Waals surface area contributed by atoms with Crippen LogP contribution in [0.15, 0.2) is 30.3 Å². The second-order valence-electron chi connectivity index (χ2n) is 5.67. The molecule has 1 aliphatic heterocycles. The highest BCUT2D eigenvalue weighted by Gasteiger charge is 2.34. The normalized spacial score (nSPS) is 18.2. The highest BCUT2D eigenvalue weighted by atomic mass is 79.9. The van der Waals surface area contributed by atoms with Gasteiger partial charge in [-0.3, -0.25) is 9.69 Å². The molecule has 0 aromatic heterocycles. The number of carbonyl (C=O) groups excluding carboxylic acids is 1. The maximum Gasteiger partial charge on any atom is 0.299 e. The van der Waals surface area contributed by atoms with Gasteiger partial charge >= 0.3 is 0 Å². The third-order valence-corrected chi connectivity index (χ3v) is 3.93. The van der Waals surface area contributed by atoms with Gasteiger partial charge in [0, 0.05) is 53.6 Å². The van der Waals surface area contributed by atoms with Gasteiger partial charge in [0.2, 0.25) is 0 Å². The van der Waals surface area contributed by atoms with Crippen LogP contribution in [-0.2, 0) is 11.3 Å². The predicted molar refractivity (Wildman–Crippen MR) is 84.2 cm³/mol. The number of nitrogens with zero attached hydrogens (tertiary/aromatic N) is 2. The molecular formula is C16H19BrN2O. The lowest BCUT2D eigenvalue weighted by Gasteiger charge is -2.46. The van der Waals surface area contributed by atoms with E-state index in [2.05, 4.69) is 69.7 Å². The monoisotopic (exact) mass is 334 g/mol. The minimum absolute atomic E-state index is 0.0439. The summed E-state index contributed by atoms with van der Waals surface area (Å²) in [6, 6.07) is 10.4. The summed E-state index contributed by atoms with van der Waals surface area (Å²) in [5.41, 5.74) is 1.26. The lowest BCUT2D eigenvalue weighted by atomic mass is 9.97. The molecule has 0 bridgehead atoms. The van der Waals surface area contributed by atoms with Crippen molar-refractivity contribution in [1.29, 1.82) is 0 Å². The molecule has 1 aromatic rings. The molecule has 0 aliphatic carbocycles. The van der Waals surface area contributed by atoms with Crippen LogP contribution in [0, 0.1) is 10.8 Å². The summed E-state index contributed by atoms with van der Waals surface area (Å²) in [5.74, 6) is 2.45. The van der Waals surface area contributed by atoms with E-state index in [1.54, 1.807) is 0 Å². The molecule has 0 atom stereocenters. The molecule has 0 N–H and O–H groups in total. The Morgan fingerprint density at radius 2 is 2.00 bits per heavy atom. The van der Waals surface area contributed by atoms with Gasteiger partial charge < -0.3 is 4.90 Å². The molecule has 1 saturated heterocycles. The molecule has 1 amide bonds. The van der Waals surface area contributed by atoms with Crippen LogP contribution in [-0.4, -0.2) is 40.9 Å². The van der Waals surface area contributed by atoms with Gasteiger partial charge in [-0.25, -0.2) is 0 Å². The van der Waals surface area contributed by atoms with Crippen LogP contribution in [0.3, 0.4) is 0 Å². The molecule has 0 radical (unpaired) electrons. The van der Waals surface area contributed by atoms with Crippen molar-refractivity contribution in [3.63, 3.8) is 0 Å². The van der Waals surface area contributed by atoms with E-state index in [-0.39, 0.29) is 11.4 Å².